The van der Waals surface area contributed by atoms with Crippen LogP contribution in [0.3, 0.4) is 0 Å². The molecular formula is C7H10ClN3O3. The number of aliphatic hydroxyl groups is 1. The summed E-state index contributed by atoms with van der Waals surface area (Å²) in [5.41, 5.74) is -0.0467. The highest BCUT2D eigenvalue weighted by atomic mass is 35.5. The molecule has 0 aliphatic carbocycles. The molecule has 78 valence electrons. The number of nitro groups is 1. The minimum atomic E-state index is -0.511. The second kappa shape index (κ2) is 6.11. The number of aliphatic hydroxyl groups excluding tert-OH is 1. The molecule has 1 rings (SSSR count). The molecule has 14 heavy (non-hydrogen) atoms. The minimum Gasteiger partial charge on any atom is -0.395 e. The lowest BCUT2D eigenvalue weighted by molar-refractivity contribution is -0.385. The number of hydrogen-bond acceptors (Lipinski definition) is 5. The summed E-state index contributed by atoms with van der Waals surface area (Å²) in [7, 11) is 0. The summed E-state index contributed by atoms with van der Waals surface area (Å²) < 4.78 is 0. The molecule has 0 fully saturated rings. The summed E-state index contributed by atoms with van der Waals surface area (Å²) in [4.78, 5) is 13.5. The van der Waals surface area contributed by atoms with Crippen LogP contribution in [0.2, 0.25) is 0 Å². The molecule has 0 aliphatic heterocycles. The van der Waals surface area contributed by atoms with Gasteiger partial charge in [-0.2, -0.15) is 0 Å². The van der Waals surface area contributed by atoms with Crippen LogP contribution in [0.4, 0.5) is 11.5 Å². The van der Waals surface area contributed by atoms with Crippen molar-refractivity contribution < 1.29 is 10.0 Å². The van der Waals surface area contributed by atoms with Crippen molar-refractivity contribution in [3.63, 3.8) is 0 Å². The molecule has 7 heteroatoms. The van der Waals surface area contributed by atoms with Crippen LogP contribution in [-0.4, -0.2) is 28.2 Å². The molecule has 0 bridgehead atoms. The van der Waals surface area contributed by atoms with Crippen LogP contribution in [0.1, 0.15) is 0 Å². The van der Waals surface area contributed by atoms with E-state index in [1.165, 1.54) is 18.3 Å². The zero-order valence-electron chi connectivity index (χ0n) is 7.21. The molecule has 0 saturated carbocycles. The van der Waals surface area contributed by atoms with Gasteiger partial charge in [0.25, 0.3) is 5.69 Å². The van der Waals surface area contributed by atoms with E-state index in [1.807, 2.05) is 0 Å². The lowest BCUT2D eigenvalue weighted by Gasteiger charge is -2.01. The summed E-state index contributed by atoms with van der Waals surface area (Å²) >= 11 is 0. The first-order chi connectivity index (χ1) is 6.24. The molecule has 0 aliphatic rings. The average molecular weight is 220 g/mol. The van der Waals surface area contributed by atoms with Crippen LogP contribution >= 0.6 is 12.4 Å². The Hall–Kier alpha value is -1.40. The fraction of sp³-hybridized carbons (Fsp3) is 0.286. The van der Waals surface area contributed by atoms with Gasteiger partial charge in [-0.25, -0.2) is 4.98 Å². The van der Waals surface area contributed by atoms with Crippen molar-refractivity contribution in [2.75, 3.05) is 18.5 Å². The molecule has 0 unspecified atom stereocenters. The second-order valence-corrected chi connectivity index (χ2v) is 2.31. The maximum Gasteiger partial charge on any atom is 0.287 e. The number of rotatable bonds is 4. The number of pyridine rings is 1. The molecule has 0 spiro atoms. The SMILES string of the molecule is Cl.O=[N+]([O-])c1ccc(NCCO)nc1. The van der Waals surface area contributed by atoms with Gasteiger partial charge in [-0.15, -0.1) is 12.4 Å². The first kappa shape index (κ1) is 12.6. The first-order valence-electron chi connectivity index (χ1n) is 3.69. The molecule has 0 saturated heterocycles. The van der Waals surface area contributed by atoms with Crippen LogP contribution in [-0.2, 0) is 0 Å². The number of anilines is 1. The monoisotopic (exact) mass is 219 g/mol. The van der Waals surface area contributed by atoms with E-state index in [9.17, 15) is 10.1 Å². The lowest BCUT2D eigenvalue weighted by atomic mass is 10.4. The maximum absolute atomic E-state index is 10.2. The van der Waals surface area contributed by atoms with Crippen molar-refractivity contribution in [2.24, 2.45) is 0 Å². The Kier molecular flexibility index (Phi) is 5.50. The Balaban J connectivity index is 0.00000169. The van der Waals surface area contributed by atoms with Gasteiger partial charge in [-0.1, -0.05) is 0 Å². The maximum atomic E-state index is 10.2. The van der Waals surface area contributed by atoms with E-state index in [0.29, 0.717) is 12.4 Å². The van der Waals surface area contributed by atoms with Gasteiger partial charge in [-0.3, -0.25) is 10.1 Å². The van der Waals surface area contributed by atoms with Crippen molar-refractivity contribution in [3.8, 4) is 0 Å². The Labute approximate surface area is 86.5 Å². The third kappa shape index (κ3) is 3.55. The largest absolute Gasteiger partial charge is 0.395 e. The predicted octanol–water partition coefficient (Wildman–Crippen LogP) is 0.816. The van der Waals surface area contributed by atoms with Crippen molar-refractivity contribution in [2.45, 2.75) is 0 Å². The third-order valence-electron chi connectivity index (χ3n) is 1.38. The minimum absolute atomic E-state index is 0. The van der Waals surface area contributed by atoms with Gasteiger partial charge < -0.3 is 10.4 Å². The van der Waals surface area contributed by atoms with Gasteiger partial charge in [0.15, 0.2) is 0 Å². The van der Waals surface area contributed by atoms with Gasteiger partial charge in [0.1, 0.15) is 12.0 Å². The van der Waals surface area contributed by atoms with E-state index in [4.69, 9.17) is 5.11 Å². The van der Waals surface area contributed by atoms with E-state index in [0.717, 1.165) is 0 Å². The summed E-state index contributed by atoms with van der Waals surface area (Å²) in [6.45, 7) is 0.378. The second-order valence-electron chi connectivity index (χ2n) is 2.31. The van der Waals surface area contributed by atoms with E-state index in [2.05, 4.69) is 10.3 Å². The van der Waals surface area contributed by atoms with E-state index in [-0.39, 0.29) is 24.7 Å². The zero-order chi connectivity index (χ0) is 9.68. The van der Waals surface area contributed by atoms with Crippen molar-refractivity contribution in [3.05, 3.63) is 28.4 Å². The van der Waals surface area contributed by atoms with Crippen LogP contribution in [0.25, 0.3) is 0 Å². The average Bonchev–Trinajstić information content (AvgIpc) is 2.15. The molecule has 6 nitrogen and oxygen atoms in total. The Morgan fingerprint density at radius 1 is 1.57 bits per heavy atom. The molecule has 2 N–H and O–H groups in total. The van der Waals surface area contributed by atoms with Crippen molar-refractivity contribution in [1.29, 1.82) is 0 Å². The van der Waals surface area contributed by atoms with Crippen LogP contribution < -0.4 is 5.32 Å². The highest BCUT2D eigenvalue weighted by Crippen LogP contribution is 2.10. The standard InChI is InChI=1S/C7H9N3O3.ClH/c11-4-3-8-7-2-1-6(5-9-7)10(12)13;/h1-2,5,11H,3-4H2,(H,8,9);1H. The van der Waals surface area contributed by atoms with E-state index >= 15 is 0 Å². The molecule has 0 radical (unpaired) electrons. The Morgan fingerprint density at radius 2 is 2.29 bits per heavy atom. The fourth-order valence-corrected chi connectivity index (χ4v) is 0.783. The summed E-state index contributed by atoms with van der Waals surface area (Å²) in [5.74, 6) is 0.514. The molecule has 1 heterocycles. The first-order valence-corrected chi connectivity index (χ1v) is 3.69. The van der Waals surface area contributed by atoms with Crippen LogP contribution in [0.5, 0.6) is 0 Å². The van der Waals surface area contributed by atoms with Crippen molar-refractivity contribution in [1.82, 2.24) is 4.98 Å². The molecule has 1 aromatic rings. The highest BCUT2D eigenvalue weighted by Gasteiger charge is 2.03. The van der Waals surface area contributed by atoms with E-state index in [1.54, 1.807) is 0 Å². The van der Waals surface area contributed by atoms with Gasteiger partial charge >= 0.3 is 0 Å². The number of hydrogen-bond donors (Lipinski definition) is 2. The van der Waals surface area contributed by atoms with Gasteiger partial charge in [0.2, 0.25) is 0 Å². The summed E-state index contributed by atoms with van der Waals surface area (Å²) in [5, 5.41) is 21.5. The molecule has 1 aromatic heterocycles. The Bertz CT molecular complexity index is 291. The molecule has 0 amide bonds. The molecule has 0 atom stereocenters. The number of nitrogens with zero attached hydrogens (tertiary/aromatic N) is 2. The third-order valence-corrected chi connectivity index (χ3v) is 1.38. The Morgan fingerprint density at radius 3 is 2.71 bits per heavy atom. The van der Waals surface area contributed by atoms with Gasteiger partial charge in [0.05, 0.1) is 11.5 Å². The van der Waals surface area contributed by atoms with Crippen molar-refractivity contribution >= 4 is 23.9 Å². The highest BCUT2D eigenvalue weighted by molar-refractivity contribution is 5.85. The topological polar surface area (TPSA) is 88.3 Å². The van der Waals surface area contributed by atoms with E-state index < -0.39 is 4.92 Å². The van der Waals surface area contributed by atoms with Gasteiger partial charge in [-0.05, 0) is 6.07 Å². The number of aromatic nitrogens is 1. The van der Waals surface area contributed by atoms with Crippen LogP contribution in [0, 0.1) is 10.1 Å². The summed E-state index contributed by atoms with van der Waals surface area (Å²) in [6.07, 6.45) is 1.17. The lowest BCUT2D eigenvalue weighted by Crippen LogP contribution is -2.06. The fourth-order valence-electron chi connectivity index (χ4n) is 0.783. The smallest absolute Gasteiger partial charge is 0.287 e. The summed E-state index contributed by atoms with van der Waals surface area (Å²) in [6, 6.07) is 2.85. The molecule has 0 aromatic carbocycles. The molecular weight excluding hydrogens is 210 g/mol. The quantitative estimate of drug-likeness (QED) is 0.578. The zero-order valence-corrected chi connectivity index (χ0v) is 8.03. The van der Waals surface area contributed by atoms with Crippen LogP contribution in [0.15, 0.2) is 18.3 Å². The number of halogens is 1. The van der Waals surface area contributed by atoms with Gasteiger partial charge in [0, 0.05) is 12.6 Å². The normalized spacial score (nSPS) is 8.93. The predicted molar refractivity (Wildman–Crippen MR) is 53.7 cm³/mol. The number of nitrogens with one attached hydrogen (secondary N) is 1.